The van der Waals surface area contributed by atoms with Crippen molar-refractivity contribution in [1.29, 1.82) is 0 Å². The van der Waals surface area contributed by atoms with Gasteiger partial charge in [-0.25, -0.2) is 0 Å². The van der Waals surface area contributed by atoms with Crippen LogP contribution in [0.5, 0.6) is 0 Å². The van der Waals surface area contributed by atoms with Crippen molar-refractivity contribution in [2.24, 2.45) is 5.73 Å². The second-order valence-electron chi connectivity index (χ2n) is 3.23. The first-order chi connectivity index (χ1) is 5.24. The van der Waals surface area contributed by atoms with Gasteiger partial charge in [0.1, 0.15) is 0 Å². The zero-order chi connectivity index (χ0) is 8.27. The van der Waals surface area contributed by atoms with E-state index in [2.05, 4.69) is 6.58 Å². The second kappa shape index (κ2) is 5.30. The molecule has 0 saturated carbocycles. The van der Waals surface area contributed by atoms with Gasteiger partial charge in [0.15, 0.2) is 0 Å². The van der Waals surface area contributed by atoms with E-state index >= 15 is 0 Å². The monoisotopic (exact) mass is 172 g/mol. The molecule has 12 heavy (non-hydrogen) atoms. The quantitative estimate of drug-likeness (QED) is 0.622. The van der Waals surface area contributed by atoms with E-state index in [-0.39, 0.29) is 18.3 Å². The van der Waals surface area contributed by atoms with Crippen LogP contribution in [-0.4, -0.2) is 18.2 Å². The fourth-order valence-corrected chi connectivity index (χ4v) is 1.44. The minimum Gasteiger partial charge on any atom is -0.373 e. The molecule has 1 rings (SSSR count). The zero-order valence-electron chi connectivity index (χ0n) is 7.83. The van der Waals surface area contributed by atoms with E-state index in [4.69, 9.17) is 10.5 Å². The lowest BCUT2D eigenvalue weighted by molar-refractivity contribution is -0.0487. The second-order valence-corrected chi connectivity index (χ2v) is 3.23. The molecular weight excluding hydrogens is 152 g/mol. The summed E-state index contributed by atoms with van der Waals surface area (Å²) in [5, 5.41) is 0. The van der Waals surface area contributed by atoms with Crippen LogP contribution in [0.4, 0.5) is 0 Å². The first-order valence-electron chi connectivity index (χ1n) is 4.26. The average molecular weight is 172 g/mol. The lowest BCUT2D eigenvalue weighted by Gasteiger charge is -2.32. The van der Waals surface area contributed by atoms with Gasteiger partial charge in [0.2, 0.25) is 0 Å². The topological polar surface area (TPSA) is 70.2 Å². The Morgan fingerprint density at radius 2 is 2.25 bits per heavy atom. The normalized spacial score (nSPS) is 35.3. The van der Waals surface area contributed by atoms with E-state index in [1.807, 2.05) is 13.0 Å². The molecule has 0 spiro atoms. The van der Waals surface area contributed by atoms with Crippen molar-refractivity contribution < 1.29 is 4.74 Å². The average Bonchev–Trinajstić information content (AvgIpc) is 1.98. The molecule has 0 aromatic heterocycles. The Balaban J connectivity index is 0.00000121. The van der Waals surface area contributed by atoms with E-state index in [0.717, 1.165) is 19.3 Å². The Morgan fingerprint density at radius 1 is 1.58 bits per heavy atom. The summed E-state index contributed by atoms with van der Waals surface area (Å²) in [6.45, 7) is 5.73. The molecule has 0 amide bonds. The Kier molecular flexibility index (Phi) is 5.13. The van der Waals surface area contributed by atoms with Crippen molar-refractivity contribution in [3.8, 4) is 0 Å². The minimum atomic E-state index is 0. The fraction of sp³-hybridized carbons (Fsp3) is 0.778. The highest BCUT2D eigenvalue weighted by molar-refractivity contribution is 4.82. The van der Waals surface area contributed by atoms with Crippen molar-refractivity contribution in [2.75, 3.05) is 0 Å². The van der Waals surface area contributed by atoms with Crippen LogP contribution in [0.3, 0.4) is 0 Å². The minimum absolute atomic E-state index is 0. The first-order valence-corrected chi connectivity index (χ1v) is 4.26. The maximum atomic E-state index is 5.79. The smallest absolute Gasteiger partial charge is 0.0701 e. The number of ether oxygens (including phenoxy) is 1. The van der Waals surface area contributed by atoms with Gasteiger partial charge in [-0.2, -0.15) is 0 Å². The lowest BCUT2D eigenvalue weighted by atomic mass is 9.99. The highest BCUT2D eigenvalue weighted by Gasteiger charge is 2.24. The van der Waals surface area contributed by atoms with Crippen LogP contribution in [0.1, 0.15) is 26.2 Å². The van der Waals surface area contributed by atoms with E-state index in [1.54, 1.807) is 0 Å². The van der Waals surface area contributed by atoms with Gasteiger partial charge in [0.05, 0.1) is 12.2 Å². The largest absolute Gasteiger partial charge is 0.373 e. The van der Waals surface area contributed by atoms with Gasteiger partial charge >= 0.3 is 0 Å². The summed E-state index contributed by atoms with van der Waals surface area (Å²) in [6, 6.07) is 0.232. The van der Waals surface area contributed by atoms with Gasteiger partial charge in [-0.15, -0.1) is 6.58 Å². The summed E-state index contributed by atoms with van der Waals surface area (Å²) >= 11 is 0. The standard InChI is InChI=1S/C9H17NO.H3N/c1-3-4-8-5-6-9(10)7(2)11-8;/h3,7-9H,1,4-6,10H2,2H3;1H3/t7-,8+,9-;/m1./s1. The molecule has 3 nitrogen and oxygen atoms in total. The van der Waals surface area contributed by atoms with Crippen molar-refractivity contribution >= 4 is 0 Å². The maximum absolute atomic E-state index is 5.79. The first kappa shape index (κ1) is 11.6. The third-order valence-corrected chi connectivity index (χ3v) is 2.26. The molecule has 0 aromatic carbocycles. The summed E-state index contributed by atoms with van der Waals surface area (Å²) in [6.07, 6.45) is 5.61. The molecule has 1 fully saturated rings. The number of nitrogens with two attached hydrogens (primary N) is 1. The van der Waals surface area contributed by atoms with Gasteiger partial charge in [-0.1, -0.05) is 6.08 Å². The molecule has 3 heteroatoms. The Hall–Kier alpha value is -0.380. The van der Waals surface area contributed by atoms with Crippen LogP contribution in [0.25, 0.3) is 0 Å². The SMILES string of the molecule is C=CC[C@H]1CC[C@@H](N)[C@@H](C)O1.N. The molecule has 0 aliphatic carbocycles. The van der Waals surface area contributed by atoms with E-state index in [0.29, 0.717) is 6.10 Å². The Labute approximate surface area is 74.6 Å². The van der Waals surface area contributed by atoms with Crippen LogP contribution in [0.15, 0.2) is 12.7 Å². The molecule has 1 aliphatic rings. The summed E-state index contributed by atoms with van der Waals surface area (Å²) in [7, 11) is 0. The highest BCUT2D eigenvalue weighted by Crippen LogP contribution is 2.20. The summed E-state index contributed by atoms with van der Waals surface area (Å²) in [5.41, 5.74) is 5.79. The van der Waals surface area contributed by atoms with E-state index < -0.39 is 0 Å². The third-order valence-electron chi connectivity index (χ3n) is 2.26. The van der Waals surface area contributed by atoms with Crippen LogP contribution < -0.4 is 11.9 Å². The Morgan fingerprint density at radius 3 is 2.75 bits per heavy atom. The van der Waals surface area contributed by atoms with E-state index in [9.17, 15) is 0 Å². The van der Waals surface area contributed by atoms with Crippen LogP contribution in [-0.2, 0) is 4.74 Å². The molecule has 3 atom stereocenters. The van der Waals surface area contributed by atoms with Crippen molar-refractivity contribution in [3.05, 3.63) is 12.7 Å². The molecule has 1 saturated heterocycles. The fourth-order valence-electron chi connectivity index (χ4n) is 1.44. The molecule has 1 aliphatic heterocycles. The van der Waals surface area contributed by atoms with Crippen molar-refractivity contribution in [2.45, 2.75) is 44.4 Å². The molecule has 1 heterocycles. The van der Waals surface area contributed by atoms with Crippen molar-refractivity contribution in [1.82, 2.24) is 6.15 Å². The molecule has 0 bridgehead atoms. The molecule has 5 N–H and O–H groups in total. The van der Waals surface area contributed by atoms with Gasteiger partial charge < -0.3 is 16.6 Å². The Bertz CT molecular complexity index is 138. The number of hydrogen-bond acceptors (Lipinski definition) is 3. The van der Waals surface area contributed by atoms with Gasteiger partial charge in [-0.3, -0.25) is 0 Å². The third kappa shape index (κ3) is 2.93. The number of hydrogen-bond donors (Lipinski definition) is 2. The summed E-state index contributed by atoms with van der Waals surface area (Å²) < 4.78 is 5.64. The van der Waals surface area contributed by atoms with Gasteiger partial charge in [-0.05, 0) is 26.2 Å². The van der Waals surface area contributed by atoms with Crippen LogP contribution >= 0.6 is 0 Å². The molecule has 72 valence electrons. The van der Waals surface area contributed by atoms with Crippen LogP contribution in [0.2, 0.25) is 0 Å². The maximum Gasteiger partial charge on any atom is 0.0701 e. The molecule has 0 aromatic rings. The van der Waals surface area contributed by atoms with Crippen LogP contribution in [0, 0.1) is 0 Å². The lowest BCUT2D eigenvalue weighted by Crippen LogP contribution is -2.42. The summed E-state index contributed by atoms with van der Waals surface area (Å²) in [5.74, 6) is 0. The highest BCUT2D eigenvalue weighted by atomic mass is 16.5. The van der Waals surface area contributed by atoms with Crippen molar-refractivity contribution in [3.63, 3.8) is 0 Å². The predicted octanol–water partition coefficient (Wildman–Crippen LogP) is 1.62. The predicted molar refractivity (Wildman–Crippen MR) is 51.4 cm³/mol. The van der Waals surface area contributed by atoms with E-state index in [1.165, 1.54) is 0 Å². The molecular formula is C9H20N2O. The van der Waals surface area contributed by atoms with Gasteiger partial charge in [0, 0.05) is 6.04 Å². The zero-order valence-corrected chi connectivity index (χ0v) is 7.83. The number of rotatable bonds is 2. The van der Waals surface area contributed by atoms with Gasteiger partial charge in [0.25, 0.3) is 0 Å². The molecule has 0 unspecified atom stereocenters. The molecule has 0 radical (unpaired) electrons. The summed E-state index contributed by atoms with van der Waals surface area (Å²) in [4.78, 5) is 0.